The predicted molar refractivity (Wildman–Crippen MR) is 135 cm³/mol. The summed E-state index contributed by atoms with van der Waals surface area (Å²) >= 11 is 6.29. The second-order valence-corrected chi connectivity index (χ2v) is 11.0. The number of piperidine rings is 1. The fourth-order valence-electron chi connectivity index (χ4n) is 7.15. The van der Waals surface area contributed by atoms with Crippen molar-refractivity contribution in [1.82, 2.24) is 15.2 Å². The molecule has 0 aromatic carbocycles. The smallest absolute Gasteiger partial charge is 0.273 e. The monoisotopic (exact) mass is 481 g/mol. The molecule has 0 bridgehead atoms. The number of nitrogens with zero attached hydrogens (tertiary/aromatic N) is 2. The van der Waals surface area contributed by atoms with Gasteiger partial charge in [0.05, 0.1) is 5.92 Å². The van der Waals surface area contributed by atoms with Gasteiger partial charge in [0.25, 0.3) is 5.15 Å². The summed E-state index contributed by atoms with van der Waals surface area (Å²) in [5.74, 6) is 1.28. The van der Waals surface area contributed by atoms with E-state index in [4.69, 9.17) is 11.6 Å². The van der Waals surface area contributed by atoms with Gasteiger partial charge in [-0.1, -0.05) is 32.8 Å². The van der Waals surface area contributed by atoms with E-state index in [2.05, 4.69) is 52.2 Å². The number of pyridine rings is 2. The Hall–Kier alpha value is -1.98. The second-order valence-electron chi connectivity index (χ2n) is 10.5. The van der Waals surface area contributed by atoms with Crippen LogP contribution in [0.1, 0.15) is 75.2 Å². The highest BCUT2D eigenvalue weighted by Crippen LogP contribution is 2.46. The van der Waals surface area contributed by atoms with E-state index >= 15 is 0 Å². The van der Waals surface area contributed by atoms with E-state index in [9.17, 15) is 4.79 Å². The summed E-state index contributed by atoms with van der Waals surface area (Å²) in [4.78, 5) is 24.7. The van der Waals surface area contributed by atoms with Crippen LogP contribution in [-0.2, 0) is 16.6 Å². The topological polar surface area (TPSA) is 59.4 Å². The first-order chi connectivity index (χ1) is 16.6. The summed E-state index contributed by atoms with van der Waals surface area (Å²) in [7, 11) is 0. The van der Waals surface area contributed by atoms with E-state index in [1.807, 2.05) is 18.3 Å². The zero-order chi connectivity index (χ0) is 23.7. The third-order valence-electron chi connectivity index (χ3n) is 8.96. The molecule has 1 aliphatic carbocycles. The van der Waals surface area contributed by atoms with Crippen LogP contribution in [0.3, 0.4) is 0 Å². The number of H-pyrrole nitrogens is 1. The molecular formula is C28H38ClN4O+. The maximum atomic E-state index is 14.4. The summed E-state index contributed by atoms with van der Waals surface area (Å²) < 4.78 is 0. The van der Waals surface area contributed by atoms with Crippen LogP contribution in [-0.4, -0.2) is 41.5 Å². The standard InChI is InChI=1S/C28H37ClN4O/c1-3-19(4-2)25-16-20(23-8-5-6-14-31-23)12-15-33(25)27(34)22-17-30-18-28(22)13-7-9-24-21(28)10-11-26(29)32-24/h5-6,8,10-11,14,19-20,22,25,30H,3-4,7,9,12-13,15-18H2,1-2H3/p+1/t20?,22-,25?,28-/m0/s1. The average Bonchev–Trinajstić information content (AvgIpc) is 3.28. The van der Waals surface area contributed by atoms with Crippen LogP contribution in [0.4, 0.5) is 0 Å². The maximum absolute atomic E-state index is 14.4. The van der Waals surface area contributed by atoms with E-state index in [-0.39, 0.29) is 17.4 Å². The largest absolute Gasteiger partial charge is 0.339 e. The molecule has 0 radical (unpaired) electrons. The highest BCUT2D eigenvalue weighted by molar-refractivity contribution is 6.28. The van der Waals surface area contributed by atoms with Crippen LogP contribution in [0.2, 0.25) is 5.15 Å². The first-order valence-corrected chi connectivity index (χ1v) is 13.6. The molecule has 1 amide bonds. The lowest BCUT2D eigenvalue weighted by Crippen LogP contribution is -2.55. The van der Waals surface area contributed by atoms with Crippen molar-refractivity contribution in [3.05, 3.63) is 58.6 Å². The Labute approximate surface area is 208 Å². The van der Waals surface area contributed by atoms with Crippen molar-refractivity contribution in [1.29, 1.82) is 0 Å². The van der Waals surface area contributed by atoms with E-state index in [0.29, 0.717) is 22.9 Å². The van der Waals surface area contributed by atoms with E-state index in [1.54, 1.807) is 0 Å². The number of hydrogen-bond donors (Lipinski definition) is 1. The molecular weight excluding hydrogens is 444 g/mol. The molecule has 2 unspecified atom stereocenters. The Morgan fingerprint density at radius 2 is 2.15 bits per heavy atom. The Kier molecular flexibility index (Phi) is 6.95. The molecule has 2 saturated heterocycles. The lowest BCUT2D eigenvalue weighted by Gasteiger charge is -2.46. The molecule has 3 aliphatic rings. The number of amides is 1. The molecule has 34 heavy (non-hydrogen) atoms. The Morgan fingerprint density at radius 3 is 2.91 bits per heavy atom. The van der Waals surface area contributed by atoms with Gasteiger partial charge < -0.3 is 10.2 Å². The van der Waals surface area contributed by atoms with Crippen molar-refractivity contribution in [3.8, 4) is 0 Å². The van der Waals surface area contributed by atoms with Crippen LogP contribution in [0.5, 0.6) is 0 Å². The molecule has 2 aliphatic heterocycles. The van der Waals surface area contributed by atoms with E-state index in [1.165, 1.54) is 17.0 Å². The number of fused-ring (bicyclic) bond motifs is 2. The summed E-state index contributed by atoms with van der Waals surface area (Å²) in [6.45, 7) is 7.00. The molecule has 6 heteroatoms. The SMILES string of the molecule is CCC(CC)C1CC(c2ccccn2)CCN1C(=O)[C@@H]1CNC[C@]12CCCc1[nH+]c(Cl)ccc12. The van der Waals surface area contributed by atoms with Crippen molar-refractivity contribution in [3.63, 3.8) is 0 Å². The van der Waals surface area contributed by atoms with Gasteiger partial charge in [-0.3, -0.25) is 9.78 Å². The molecule has 0 saturated carbocycles. The Morgan fingerprint density at radius 1 is 1.29 bits per heavy atom. The van der Waals surface area contributed by atoms with Gasteiger partial charge in [0.2, 0.25) is 5.91 Å². The van der Waals surface area contributed by atoms with Crippen molar-refractivity contribution in [2.45, 2.75) is 76.2 Å². The molecule has 2 N–H and O–H groups in total. The number of aryl methyl sites for hydroxylation is 1. The highest BCUT2D eigenvalue weighted by atomic mass is 35.5. The van der Waals surface area contributed by atoms with E-state index < -0.39 is 0 Å². The minimum absolute atomic E-state index is 0.0237. The first kappa shape index (κ1) is 23.7. The van der Waals surface area contributed by atoms with Gasteiger partial charge in [-0.2, -0.15) is 4.98 Å². The summed E-state index contributed by atoms with van der Waals surface area (Å²) in [6.07, 6.45) is 9.26. The summed E-state index contributed by atoms with van der Waals surface area (Å²) in [6, 6.07) is 10.6. The zero-order valence-corrected chi connectivity index (χ0v) is 21.3. The molecule has 1 spiro atoms. The minimum Gasteiger partial charge on any atom is -0.339 e. The second kappa shape index (κ2) is 9.94. The number of aromatic amines is 1. The van der Waals surface area contributed by atoms with Crippen molar-refractivity contribution < 1.29 is 9.78 Å². The number of aromatic nitrogens is 2. The van der Waals surface area contributed by atoms with Gasteiger partial charge >= 0.3 is 0 Å². The maximum Gasteiger partial charge on any atom is 0.273 e. The van der Waals surface area contributed by atoms with Crippen LogP contribution < -0.4 is 10.3 Å². The number of rotatable bonds is 5. The molecule has 5 rings (SSSR count). The molecule has 182 valence electrons. The van der Waals surface area contributed by atoms with Crippen LogP contribution in [0.15, 0.2) is 36.5 Å². The molecule has 4 atom stereocenters. The average molecular weight is 482 g/mol. The highest BCUT2D eigenvalue weighted by Gasteiger charge is 2.53. The molecule has 4 heterocycles. The number of halogens is 1. The van der Waals surface area contributed by atoms with Crippen molar-refractivity contribution in [2.24, 2.45) is 11.8 Å². The van der Waals surface area contributed by atoms with Crippen molar-refractivity contribution >= 4 is 17.5 Å². The van der Waals surface area contributed by atoms with Gasteiger partial charge in [0.1, 0.15) is 0 Å². The van der Waals surface area contributed by atoms with Gasteiger partial charge in [-0.15, -0.1) is 0 Å². The minimum atomic E-state index is -0.137. The van der Waals surface area contributed by atoms with E-state index in [0.717, 1.165) is 64.6 Å². The predicted octanol–water partition coefficient (Wildman–Crippen LogP) is 4.55. The summed E-state index contributed by atoms with van der Waals surface area (Å²) in [5, 5.41) is 4.29. The molecule has 2 aromatic heterocycles. The first-order valence-electron chi connectivity index (χ1n) is 13.2. The lowest BCUT2D eigenvalue weighted by atomic mass is 9.65. The number of carbonyl (C=O) groups is 1. The Balaban J connectivity index is 1.45. The van der Waals surface area contributed by atoms with Crippen LogP contribution in [0, 0.1) is 11.8 Å². The van der Waals surface area contributed by atoms with Gasteiger partial charge in [0.15, 0.2) is 5.69 Å². The molecule has 2 fully saturated rings. The normalized spacial score (nSPS) is 28.9. The number of hydrogen-bond acceptors (Lipinski definition) is 3. The molecule has 2 aromatic rings. The quantitative estimate of drug-likeness (QED) is 0.637. The van der Waals surface area contributed by atoms with Crippen LogP contribution >= 0.6 is 11.6 Å². The lowest BCUT2D eigenvalue weighted by molar-refractivity contribution is -0.390. The van der Waals surface area contributed by atoms with Gasteiger partial charge in [0, 0.05) is 67.0 Å². The fraction of sp³-hybridized carbons (Fsp3) is 0.607. The third-order valence-corrected chi connectivity index (χ3v) is 9.18. The zero-order valence-electron chi connectivity index (χ0n) is 20.5. The number of likely N-dealkylation sites (tertiary alicyclic amines) is 1. The summed E-state index contributed by atoms with van der Waals surface area (Å²) in [5.41, 5.74) is 3.56. The Bertz CT molecular complexity index is 1010. The number of nitrogens with one attached hydrogen (secondary N) is 2. The third kappa shape index (κ3) is 4.15. The van der Waals surface area contributed by atoms with Gasteiger partial charge in [-0.05, 0) is 61.4 Å². The molecule has 5 nitrogen and oxygen atoms in total. The van der Waals surface area contributed by atoms with Crippen molar-refractivity contribution in [2.75, 3.05) is 19.6 Å². The fourth-order valence-corrected chi connectivity index (χ4v) is 7.33. The van der Waals surface area contributed by atoms with Crippen LogP contribution in [0.25, 0.3) is 0 Å². The van der Waals surface area contributed by atoms with Gasteiger partial charge in [-0.25, -0.2) is 0 Å². The number of carbonyl (C=O) groups excluding carboxylic acids is 1.